The average molecular weight is 326 g/mol. The van der Waals surface area contributed by atoms with Crippen LogP contribution >= 0.6 is 0 Å². The summed E-state index contributed by atoms with van der Waals surface area (Å²) in [6.07, 6.45) is 2.22. The SMILES string of the molecule is CC(C)c1noc(CN2CCCC(c3nc4ccccc4o3)C2)n1. The van der Waals surface area contributed by atoms with Crippen molar-refractivity contribution in [2.75, 3.05) is 13.1 Å². The normalized spacial score (nSPS) is 19.4. The lowest BCUT2D eigenvalue weighted by atomic mass is 9.98. The van der Waals surface area contributed by atoms with Crippen LogP contribution in [0.25, 0.3) is 11.1 Å². The molecule has 0 N–H and O–H groups in total. The Morgan fingerprint density at radius 1 is 1.25 bits per heavy atom. The lowest BCUT2D eigenvalue weighted by molar-refractivity contribution is 0.167. The number of benzene rings is 1. The van der Waals surface area contributed by atoms with Gasteiger partial charge in [0.25, 0.3) is 0 Å². The van der Waals surface area contributed by atoms with Crippen LogP contribution in [-0.2, 0) is 6.54 Å². The first kappa shape index (κ1) is 15.3. The van der Waals surface area contributed by atoms with Crippen molar-refractivity contribution >= 4 is 11.1 Å². The highest BCUT2D eigenvalue weighted by Gasteiger charge is 2.26. The number of aromatic nitrogens is 3. The van der Waals surface area contributed by atoms with Gasteiger partial charge >= 0.3 is 0 Å². The fourth-order valence-electron chi connectivity index (χ4n) is 3.22. The molecule has 3 aromatic rings. The van der Waals surface area contributed by atoms with Crippen LogP contribution in [0, 0.1) is 0 Å². The average Bonchev–Trinajstić information content (AvgIpc) is 3.21. The number of rotatable bonds is 4. The number of para-hydroxylation sites is 2. The Bertz CT molecular complexity index is 790. The van der Waals surface area contributed by atoms with Gasteiger partial charge in [0.2, 0.25) is 5.89 Å². The molecule has 1 unspecified atom stereocenters. The van der Waals surface area contributed by atoms with E-state index in [0.717, 1.165) is 48.7 Å². The maximum atomic E-state index is 5.95. The maximum Gasteiger partial charge on any atom is 0.240 e. The zero-order valence-electron chi connectivity index (χ0n) is 14.1. The molecule has 4 rings (SSSR count). The van der Waals surface area contributed by atoms with Crippen molar-refractivity contribution in [1.82, 2.24) is 20.0 Å². The molecule has 1 aliphatic rings. The van der Waals surface area contributed by atoms with Crippen molar-refractivity contribution in [3.05, 3.63) is 41.9 Å². The van der Waals surface area contributed by atoms with Crippen LogP contribution in [0.3, 0.4) is 0 Å². The van der Waals surface area contributed by atoms with Gasteiger partial charge in [0.05, 0.1) is 6.54 Å². The van der Waals surface area contributed by atoms with Crippen LogP contribution < -0.4 is 0 Å². The largest absolute Gasteiger partial charge is 0.440 e. The maximum absolute atomic E-state index is 5.95. The second-order valence-corrected chi connectivity index (χ2v) is 6.80. The van der Waals surface area contributed by atoms with Crippen LogP contribution in [0.15, 0.2) is 33.2 Å². The summed E-state index contributed by atoms with van der Waals surface area (Å²) in [6.45, 7) is 6.77. The molecular formula is C18H22N4O2. The molecule has 24 heavy (non-hydrogen) atoms. The molecule has 6 heteroatoms. The van der Waals surface area contributed by atoms with E-state index < -0.39 is 0 Å². The van der Waals surface area contributed by atoms with Gasteiger partial charge in [0, 0.05) is 18.4 Å². The summed E-state index contributed by atoms with van der Waals surface area (Å²) in [5, 5.41) is 4.04. The third-order valence-corrected chi connectivity index (χ3v) is 4.52. The van der Waals surface area contributed by atoms with Crippen LogP contribution in [0.1, 0.15) is 56.1 Å². The molecule has 0 aliphatic carbocycles. The first-order valence-electron chi connectivity index (χ1n) is 8.59. The van der Waals surface area contributed by atoms with Gasteiger partial charge in [0.1, 0.15) is 5.52 Å². The van der Waals surface area contributed by atoms with E-state index in [1.807, 2.05) is 24.3 Å². The zero-order valence-corrected chi connectivity index (χ0v) is 14.1. The highest BCUT2D eigenvalue weighted by molar-refractivity contribution is 5.72. The number of hydrogen-bond donors (Lipinski definition) is 0. The number of oxazole rings is 1. The number of piperidine rings is 1. The van der Waals surface area contributed by atoms with Gasteiger partial charge in [-0.2, -0.15) is 4.98 Å². The fraction of sp³-hybridized carbons (Fsp3) is 0.500. The quantitative estimate of drug-likeness (QED) is 0.728. The van der Waals surface area contributed by atoms with E-state index in [4.69, 9.17) is 8.94 Å². The summed E-state index contributed by atoms with van der Waals surface area (Å²) in [5.41, 5.74) is 1.80. The molecule has 3 heterocycles. The van der Waals surface area contributed by atoms with E-state index in [1.165, 1.54) is 0 Å². The summed E-state index contributed by atoms with van der Waals surface area (Å²) in [5.74, 6) is 2.92. The Morgan fingerprint density at radius 2 is 2.12 bits per heavy atom. The predicted molar refractivity (Wildman–Crippen MR) is 89.6 cm³/mol. The Balaban J connectivity index is 1.46. The molecule has 0 spiro atoms. The van der Waals surface area contributed by atoms with Crippen molar-refractivity contribution in [2.24, 2.45) is 0 Å². The van der Waals surface area contributed by atoms with E-state index in [1.54, 1.807) is 0 Å². The summed E-state index contributed by atoms with van der Waals surface area (Å²) >= 11 is 0. The molecule has 1 atom stereocenters. The van der Waals surface area contributed by atoms with Gasteiger partial charge in [-0.1, -0.05) is 31.1 Å². The smallest absolute Gasteiger partial charge is 0.240 e. The Kier molecular flexibility index (Phi) is 4.06. The molecule has 1 aliphatic heterocycles. The molecule has 2 aromatic heterocycles. The fourth-order valence-corrected chi connectivity index (χ4v) is 3.22. The Morgan fingerprint density at radius 3 is 2.92 bits per heavy atom. The molecule has 1 saturated heterocycles. The molecule has 0 bridgehead atoms. The minimum atomic E-state index is 0.288. The minimum Gasteiger partial charge on any atom is -0.440 e. The number of nitrogens with zero attached hydrogens (tertiary/aromatic N) is 4. The second-order valence-electron chi connectivity index (χ2n) is 6.80. The van der Waals surface area contributed by atoms with Crippen molar-refractivity contribution in [3.63, 3.8) is 0 Å². The van der Waals surface area contributed by atoms with Crippen molar-refractivity contribution in [2.45, 2.75) is 45.1 Å². The highest BCUT2D eigenvalue weighted by atomic mass is 16.5. The van der Waals surface area contributed by atoms with Crippen molar-refractivity contribution in [1.29, 1.82) is 0 Å². The first-order chi connectivity index (χ1) is 11.7. The first-order valence-corrected chi connectivity index (χ1v) is 8.59. The molecule has 0 amide bonds. The van der Waals surface area contributed by atoms with Gasteiger partial charge in [-0.25, -0.2) is 4.98 Å². The van der Waals surface area contributed by atoms with Crippen molar-refractivity contribution < 1.29 is 8.94 Å². The molecule has 126 valence electrons. The number of hydrogen-bond acceptors (Lipinski definition) is 6. The number of likely N-dealkylation sites (tertiary alicyclic amines) is 1. The van der Waals surface area contributed by atoms with Crippen molar-refractivity contribution in [3.8, 4) is 0 Å². The molecule has 1 aromatic carbocycles. The topological polar surface area (TPSA) is 68.2 Å². The Labute approximate surface area is 140 Å². The summed E-state index contributed by atoms with van der Waals surface area (Å²) < 4.78 is 11.3. The van der Waals surface area contributed by atoms with E-state index in [9.17, 15) is 0 Å². The monoisotopic (exact) mass is 326 g/mol. The second kappa shape index (κ2) is 6.36. The lowest BCUT2D eigenvalue weighted by Crippen LogP contribution is -2.34. The third-order valence-electron chi connectivity index (χ3n) is 4.52. The molecule has 0 saturated carbocycles. The zero-order chi connectivity index (χ0) is 16.5. The van der Waals surface area contributed by atoms with E-state index in [2.05, 4.69) is 33.9 Å². The van der Waals surface area contributed by atoms with Gasteiger partial charge in [-0.05, 0) is 31.5 Å². The molecule has 6 nitrogen and oxygen atoms in total. The third kappa shape index (κ3) is 3.06. The molecule has 0 radical (unpaired) electrons. The predicted octanol–water partition coefficient (Wildman–Crippen LogP) is 3.71. The summed E-state index contributed by atoms with van der Waals surface area (Å²) in [4.78, 5) is 11.5. The van der Waals surface area contributed by atoms with Gasteiger partial charge in [-0.3, -0.25) is 4.90 Å². The van der Waals surface area contributed by atoms with Crippen LogP contribution in [0.2, 0.25) is 0 Å². The molecular weight excluding hydrogens is 304 g/mol. The van der Waals surface area contributed by atoms with E-state index >= 15 is 0 Å². The standard InChI is InChI=1S/C18H22N4O2/c1-12(2)17-20-16(24-21-17)11-22-9-5-6-13(10-22)18-19-14-7-3-4-8-15(14)23-18/h3-4,7-8,12-13H,5-6,9-11H2,1-2H3. The van der Waals surface area contributed by atoms with Crippen LogP contribution in [0.4, 0.5) is 0 Å². The van der Waals surface area contributed by atoms with E-state index in [-0.39, 0.29) is 5.92 Å². The van der Waals surface area contributed by atoms with Gasteiger partial charge < -0.3 is 8.94 Å². The minimum absolute atomic E-state index is 0.288. The highest BCUT2D eigenvalue weighted by Crippen LogP contribution is 2.29. The molecule has 1 fully saturated rings. The number of fused-ring (bicyclic) bond motifs is 1. The Hall–Kier alpha value is -2.21. The lowest BCUT2D eigenvalue weighted by Gasteiger charge is -2.29. The van der Waals surface area contributed by atoms with Gasteiger partial charge in [0.15, 0.2) is 17.3 Å². The van der Waals surface area contributed by atoms with Crippen LogP contribution in [-0.4, -0.2) is 33.1 Å². The summed E-state index contributed by atoms with van der Waals surface area (Å²) in [6, 6.07) is 7.93. The van der Waals surface area contributed by atoms with E-state index in [0.29, 0.717) is 18.4 Å². The van der Waals surface area contributed by atoms with Crippen LogP contribution in [0.5, 0.6) is 0 Å². The summed E-state index contributed by atoms with van der Waals surface area (Å²) in [7, 11) is 0. The van der Waals surface area contributed by atoms with Gasteiger partial charge in [-0.15, -0.1) is 0 Å².